The number of hydrogen-bond donors (Lipinski definition) is 1. The fraction of sp³-hybridized carbons (Fsp3) is 1.00. The highest BCUT2D eigenvalue weighted by Crippen LogP contribution is 2.08. The van der Waals surface area contributed by atoms with Gasteiger partial charge in [-0.15, -0.1) is 0 Å². The van der Waals surface area contributed by atoms with Gasteiger partial charge in [-0.05, 0) is 26.3 Å². The third-order valence-corrected chi connectivity index (χ3v) is 1.50. The van der Waals surface area contributed by atoms with Crippen molar-refractivity contribution >= 4 is 0 Å². The molecule has 1 aliphatic rings. The van der Waals surface area contributed by atoms with Crippen molar-refractivity contribution in [1.82, 2.24) is 5.32 Å². The maximum atomic E-state index is 5.32. The van der Waals surface area contributed by atoms with Crippen molar-refractivity contribution in [3.05, 3.63) is 0 Å². The van der Waals surface area contributed by atoms with Gasteiger partial charge < -0.3 is 4.74 Å². The van der Waals surface area contributed by atoms with E-state index in [2.05, 4.69) is 5.32 Å². The average molecular weight is 115 g/mol. The maximum absolute atomic E-state index is 5.32. The van der Waals surface area contributed by atoms with Gasteiger partial charge in [0.15, 0.2) is 0 Å². The Kier molecular flexibility index (Phi) is 2.30. The summed E-state index contributed by atoms with van der Waals surface area (Å²) < 4.78 is 5.32. The molecule has 1 saturated heterocycles. The van der Waals surface area contributed by atoms with Gasteiger partial charge in [0.25, 0.3) is 0 Å². The molecule has 0 aliphatic carbocycles. The second kappa shape index (κ2) is 3.05. The van der Waals surface area contributed by atoms with Crippen LogP contribution in [-0.2, 0) is 4.74 Å². The van der Waals surface area contributed by atoms with E-state index in [1.165, 1.54) is 19.3 Å². The molecule has 0 aromatic rings. The SMILES string of the molecule is CN[C@@H]1CCCCO1. The third kappa shape index (κ3) is 1.46. The quantitative estimate of drug-likeness (QED) is 0.544. The van der Waals surface area contributed by atoms with Crippen LogP contribution in [0.15, 0.2) is 0 Å². The summed E-state index contributed by atoms with van der Waals surface area (Å²) in [6.45, 7) is 0.936. The van der Waals surface area contributed by atoms with Crippen LogP contribution >= 0.6 is 0 Å². The van der Waals surface area contributed by atoms with Gasteiger partial charge in [-0.1, -0.05) is 0 Å². The Hall–Kier alpha value is -0.0800. The van der Waals surface area contributed by atoms with Crippen molar-refractivity contribution in [1.29, 1.82) is 0 Å². The largest absolute Gasteiger partial charge is 0.363 e. The van der Waals surface area contributed by atoms with E-state index < -0.39 is 0 Å². The first-order valence-electron chi connectivity index (χ1n) is 3.22. The first-order valence-corrected chi connectivity index (χ1v) is 3.22. The van der Waals surface area contributed by atoms with E-state index in [1.807, 2.05) is 7.05 Å². The van der Waals surface area contributed by atoms with Gasteiger partial charge in [0.05, 0.1) is 0 Å². The Balaban J connectivity index is 2.13. The number of hydrogen-bond acceptors (Lipinski definition) is 2. The summed E-state index contributed by atoms with van der Waals surface area (Å²) in [6.07, 6.45) is 4.06. The van der Waals surface area contributed by atoms with E-state index in [0.717, 1.165) is 6.61 Å². The van der Waals surface area contributed by atoms with Crippen LogP contribution in [0.5, 0.6) is 0 Å². The second-order valence-electron chi connectivity index (χ2n) is 2.14. The van der Waals surface area contributed by atoms with Gasteiger partial charge in [0.2, 0.25) is 0 Å². The van der Waals surface area contributed by atoms with Crippen LogP contribution in [-0.4, -0.2) is 19.9 Å². The summed E-state index contributed by atoms with van der Waals surface area (Å²) in [5, 5.41) is 3.08. The average Bonchev–Trinajstić information content (AvgIpc) is 1.90. The van der Waals surface area contributed by atoms with Crippen LogP contribution in [0.25, 0.3) is 0 Å². The molecule has 0 unspecified atom stereocenters. The van der Waals surface area contributed by atoms with Gasteiger partial charge >= 0.3 is 0 Å². The fourth-order valence-electron chi connectivity index (χ4n) is 0.968. The van der Waals surface area contributed by atoms with Gasteiger partial charge in [-0.25, -0.2) is 0 Å². The molecule has 0 saturated carbocycles. The molecule has 1 N–H and O–H groups in total. The Bertz CT molecular complexity index is 59.5. The fourth-order valence-corrected chi connectivity index (χ4v) is 0.968. The van der Waals surface area contributed by atoms with Crippen LogP contribution in [0.2, 0.25) is 0 Å². The monoisotopic (exact) mass is 115 g/mol. The van der Waals surface area contributed by atoms with Crippen LogP contribution in [0.3, 0.4) is 0 Å². The lowest BCUT2D eigenvalue weighted by atomic mass is 10.2. The zero-order chi connectivity index (χ0) is 5.82. The van der Waals surface area contributed by atoms with Crippen molar-refractivity contribution < 1.29 is 4.74 Å². The lowest BCUT2D eigenvalue weighted by molar-refractivity contribution is -0.000317. The highest BCUT2D eigenvalue weighted by Gasteiger charge is 2.09. The molecule has 2 heteroatoms. The predicted octanol–water partition coefficient (Wildman–Crippen LogP) is 0.732. The first kappa shape index (κ1) is 6.05. The van der Waals surface area contributed by atoms with Gasteiger partial charge in [-0.2, -0.15) is 0 Å². The first-order chi connectivity index (χ1) is 3.93. The van der Waals surface area contributed by atoms with E-state index in [9.17, 15) is 0 Å². The molecule has 0 radical (unpaired) electrons. The summed E-state index contributed by atoms with van der Waals surface area (Å²) in [6, 6.07) is 0. The highest BCUT2D eigenvalue weighted by molar-refractivity contribution is 4.57. The summed E-state index contributed by atoms with van der Waals surface area (Å²) in [5.41, 5.74) is 0. The van der Waals surface area contributed by atoms with Crippen molar-refractivity contribution in [2.45, 2.75) is 25.5 Å². The molecule has 1 fully saturated rings. The zero-order valence-electron chi connectivity index (χ0n) is 5.31. The van der Waals surface area contributed by atoms with Gasteiger partial charge in [-0.3, -0.25) is 5.32 Å². The smallest absolute Gasteiger partial charge is 0.107 e. The Morgan fingerprint density at radius 3 is 2.75 bits per heavy atom. The van der Waals surface area contributed by atoms with E-state index >= 15 is 0 Å². The molecule has 2 nitrogen and oxygen atoms in total. The summed E-state index contributed by atoms with van der Waals surface area (Å²) in [4.78, 5) is 0. The molecule has 48 valence electrons. The lowest BCUT2D eigenvalue weighted by Gasteiger charge is -2.21. The zero-order valence-corrected chi connectivity index (χ0v) is 5.31. The van der Waals surface area contributed by atoms with Crippen LogP contribution in [0, 0.1) is 0 Å². The van der Waals surface area contributed by atoms with Crippen molar-refractivity contribution in [3.63, 3.8) is 0 Å². The molecule has 1 rings (SSSR count). The molecule has 0 bridgehead atoms. The normalized spacial score (nSPS) is 30.4. The lowest BCUT2D eigenvalue weighted by Crippen LogP contribution is -2.31. The Labute approximate surface area is 50.2 Å². The number of rotatable bonds is 1. The van der Waals surface area contributed by atoms with E-state index in [4.69, 9.17) is 4.74 Å². The van der Waals surface area contributed by atoms with Crippen molar-refractivity contribution in [2.75, 3.05) is 13.7 Å². The molecule has 0 aromatic heterocycles. The molecular weight excluding hydrogens is 102 g/mol. The molecule has 0 aromatic carbocycles. The third-order valence-electron chi connectivity index (χ3n) is 1.50. The number of nitrogens with one attached hydrogen (secondary N) is 1. The van der Waals surface area contributed by atoms with Gasteiger partial charge in [0, 0.05) is 6.61 Å². The molecule has 1 heterocycles. The Morgan fingerprint density at radius 1 is 1.50 bits per heavy atom. The van der Waals surface area contributed by atoms with Crippen LogP contribution in [0.4, 0.5) is 0 Å². The minimum absolute atomic E-state index is 0.337. The molecule has 1 aliphatic heterocycles. The summed E-state index contributed by atoms with van der Waals surface area (Å²) in [7, 11) is 1.94. The topological polar surface area (TPSA) is 21.3 Å². The minimum atomic E-state index is 0.337. The van der Waals surface area contributed by atoms with Crippen molar-refractivity contribution in [3.8, 4) is 0 Å². The summed E-state index contributed by atoms with van der Waals surface area (Å²) >= 11 is 0. The molecule has 0 spiro atoms. The van der Waals surface area contributed by atoms with Crippen LogP contribution in [0.1, 0.15) is 19.3 Å². The van der Waals surface area contributed by atoms with E-state index in [1.54, 1.807) is 0 Å². The van der Waals surface area contributed by atoms with Gasteiger partial charge in [0.1, 0.15) is 6.23 Å². The number of ether oxygens (including phenoxy) is 1. The maximum Gasteiger partial charge on any atom is 0.107 e. The molecule has 0 amide bonds. The van der Waals surface area contributed by atoms with Crippen LogP contribution < -0.4 is 5.32 Å². The molecule has 1 atom stereocenters. The van der Waals surface area contributed by atoms with Crippen molar-refractivity contribution in [2.24, 2.45) is 0 Å². The van der Waals surface area contributed by atoms with E-state index in [-0.39, 0.29) is 0 Å². The Morgan fingerprint density at radius 2 is 2.38 bits per heavy atom. The van der Waals surface area contributed by atoms with E-state index in [0.29, 0.717) is 6.23 Å². The highest BCUT2D eigenvalue weighted by atomic mass is 16.5. The molecule has 8 heavy (non-hydrogen) atoms. The summed E-state index contributed by atoms with van der Waals surface area (Å²) in [5.74, 6) is 0. The molecular formula is C6H13NO. The predicted molar refractivity (Wildman–Crippen MR) is 32.7 cm³/mol. The standard InChI is InChI=1S/C6H13NO/c1-7-6-4-2-3-5-8-6/h6-7H,2-5H2,1H3/t6-/m0/s1. The minimum Gasteiger partial charge on any atom is -0.363 e. The second-order valence-corrected chi connectivity index (χ2v) is 2.14.